The van der Waals surface area contributed by atoms with Crippen LogP contribution in [-0.2, 0) is 11.3 Å². The molecule has 0 saturated carbocycles. The first-order valence-electron chi connectivity index (χ1n) is 7.90. The third-order valence-electron chi connectivity index (χ3n) is 4.07. The molecule has 1 aliphatic rings. The fraction of sp³-hybridized carbons (Fsp3) is 0.312. The number of hydrogen-bond donors (Lipinski definition) is 1. The molecule has 2 aromatic rings. The van der Waals surface area contributed by atoms with Gasteiger partial charge in [0, 0.05) is 36.8 Å². The number of carbonyl (C=O) groups is 3. The van der Waals surface area contributed by atoms with Crippen LogP contribution in [-0.4, -0.2) is 73.9 Å². The Labute approximate surface area is 153 Å². The molecule has 0 radical (unpaired) electrons. The molecule has 1 aliphatic heterocycles. The van der Waals surface area contributed by atoms with Gasteiger partial charge in [-0.2, -0.15) is 0 Å². The maximum atomic E-state index is 12.4. The number of piperazine rings is 1. The van der Waals surface area contributed by atoms with E-state index in [1.54, 1.807) is 34.1 Å². The highest BCUT2D eigenvalue weighted by Crippen LogP contribution is 2.13. The summed E-state index contributed by atoms with van der Waals surface area (Å²) in [7, 11) is 0. The zero-order chi connectivity index (χ0) is 18.7. The zero-order valence-electron chi connectivity index (χ0n) is 13.7. The number of aromatic carboxylic acids is 1. The van der Waals surface area contributed by atoms with Crippen molar-refractivity contribution in [2.24, 2.45) is 0 Å². The van der Waals surface area contributed by atoms with Crippen molar-refractivity contribution in [2.75, 3.05) is 26.2 Å². The van der Waals surface area contributed by atoms with Gasteiger partial charge in [-0.3, -0.25) is 9.59 Å². The van der Waals surface area contributed by atoms with Crippen molar-refractivity contribution < 1.29 is 19.5 Å². The van der Waals surface area contributed by atoms with Gasteiger partial charge in [0.25, 0.3) is 5.91 Å². The quantitative estimate of drug-likeness (QED) is 0.836. The highest BCUT2D eigenvalue weighted by Gasteiger charge is 2.25. The molecule has 1 N–H and O–H groups in total. The first-order valence-corrected chi connectivity index (χ1v) is 8.28. The summed E-state index contributed by atoms with van der Waals surface area (Å²) in [6.07, 6.45) is 1.21. The van der Waals surface area contributed by atoms with Gasteiger partial charge in [-0.15, -0.1) is 5.10 Å². The van der Waals surface area contributed by atoms with Crippen LogP contribution in [0.3, 0.4) is 0 Å². The normalized spacial score (nSPS) is 14.3. The van der Waals surface area contributed by atoms with E-state index in [0.717, 1.165) is 0 Å². The van der Waals surface area contributed by atoms with E-state index in [1.807, 2.05) is 0 Å². The fourth-order valence-electron chi connectivity index (χ4n) is 2.65. The molecule has 0 atom stereocenters. The predicted molar refractivity (Wildman–Crippen MR) is 90.9 cm³/mol. The Morgan fingerprint density at radius 3 is 2.23 bits per heavy atom. The SMILES string of the molecule is O=C(O)c1cn(CC(=O)N2CCN(C(=O)c3ccc(Cl)cc3)CC2)nn1. The van der Waals surface area contributed by atoms with Gasteiger partial charge in [0.15, 0.2) is 5.69 Å². The van der Waals surface area contributed by atoms with Gasteiger partial charge in [0.05, 0.1) is 6.20 Å². The van der Waals surface area contributed by atoms with Crippen molar-refractivity contribution in [3.8, 4) is 0 Å². The van der Waals surface area contributed by atoms with Crippen LogP contribution in [0.4, 0.5) is 0 Å². The van der Waals surface area contributed by atoms with Gasteiger partial charge in [-0.1, -0.05) is 16.8 Å². The minimum atomic E-state index is -1.20. The molecular weight excluding hydrogens is 362 g/mol. The Balaban J connectivity index is 1.54. The topological polar surface area (TPSA) is 109 Å². The van der Waals surface area contributed by atoms with E-state index >= 15 is 0 Å². The number of aromatic nitrogens is 3. The molecule has 9 nitrogen and oxygen atoms in total. The second kappa shape index (κ2) is 7.52. The molecule has 0 aliphatic carbocycles. The summed E-state index contributed by atoms with van der Waals surface area (Å²) in [6.45, 7) is 1.55. The Morgan fingerprint density at radius 1 is 1.04 bits per heavy atom. The number of carboxylic acids is 1. The highest BCUT2D eigenvalue weighted by atomic mass is 35.5. The molecule has 26 heavy (non-hydrogen) atoms. The Hall–Kier alpha value is -2.94. The minimum Gasteiger partial charge on any atom is -0.476 e. The molecule has 136 valence electrons. The van der Waals surface area contributed by atoms with E-state index < -0.39 is 5.97 Å². The maximum Gasteiger partial charge on any atom is 0.358 e. The maximum absolute atomic E-state index is 12.4. The number of halogens is 1. The first-order chi connectivity index (χ1) is 12.4. The van der Waals surface area contributed by atoms with E-state index in [1.165, 1.54) is 10.9 Å². The van der Waals surface area contributed by atoms with E-state index in [-0.39, 0.29) is 24.1 Å². The Morgan fingerprint density at radius 2 is 1.65 bits per heavy atom. The second-order valence-corrected chi connectivity index (χ2v) is 6.22. The molecule has 10 heteroatoms. The molecule has 1 aromatic carbocycles. The van der Waals surface area contributed by atoms with E-state index in [2.05, 4.69) is 10.3 Å². The van der Waals surface area contributed by atoms with Crippen LogP contribution in [0.1, 0.15) is 20.8 Å². The fourth-order valence-corrected chi connectivity index (χ4v) is 2.77. The van der Waals surface area contributed by atoms with Crippen LogP contribution in [0.25, 0.3) is 0 Å². The number of carboxylic acid groups (broad SMARTS) is 1. The molecular formula is C16H16ClN5O4. The molecule has 1 fully saturated rings. The third-order valence-corrected chi connectivity index (χ3v) is 4.32. The molecule has 0 spiro atoms. The lowest BCUT2D eigenvalue weighted by Crippen LogP contribution is -2.51. The largest absolute Gasteiger partial charge is 0.476 e. The lowest BCUT2D eigenvalue weighted by Gasteiger charge is -2.34. The van der Waals surface area contributed by atoms with E-state index in [0.29, 0.717) is 36.8 Å². The van der Waals surface area contributed by atoms with E-state index in [4.69, 9.17) is 16.7 Å². The summed E-state index contributed by atoms with van der Waals surface area (Å²) >= 11 is 5.83. The van der Waals surface area contributed by atoms with Crippen LogP contribution in [0.2, 0.25) is 5.02 Å². The van der Waals surface area contributed by atoms with Gasteiger partial charge >= 0.3 is 5.97 Å². The van der Waals surface area contributed by atoms with Gasteiger partial charge < -0.3 is 14.9 Å². The van der Waals surface area contributed by atoms with Crippen molar-refractivity contribution >= 4 is 29.4 Å². The smallest absolute Gasteiger partial charge is 0.358 e. The average Bonchev–Trinajstić information content (AvgIpc) is 3.11. The van der Waals surface area contributed by atoms with Crippen molar-refractivity contribution in [1.82, 2.24) is 24.8 Å². The van der Waals surface area contributed by atoms with Gasteiger partial charge in [0.1, 0.15) is 6.54 Å². The van der Waals surface area contributed by atoms with Crippen molar-refractivity contribution in [2.45, 2.75) is 6.54 Å². The molecule has 2 amide bonds. The number of rotatable bonds is 4. The number of hydrogen-bond acceptors (Lipinski definition) is 5. The molecule has 1 aromatic heterocycles. The van der Waals surface area contributed by atoms with Crippen LogP contribution in [0, 0.1) is 0 Å². The molecule has 2 heterocycles. The second-order valence-electron chi connectivity index (χ2n) is 5.79. The predicted octanol–water partition coefficient (Wildman–Crippen LogP) is 0.614. The average molecular weight is 378 g/mol. The van der Waals surface area contributed by atoms with Gasteiger partial charge in [-0.25, -0.2) is 9.48 Å². The van der Waals surface area contributed by atoms with Crippen LogP contribution in [0.5, 0.6) is 0 Å². The third kappa shape index (κ3) is 3.99. The van der Waals surface area contributed by atoms with Crippen molar-refractivity contribution in [1.29, 1.82) is 0 Å². The summed E-state index contributed by atoms with van der Waals surface area (Å²) in [5, 5.41) is 16.5. The van der Waals surface area contributed by atoms with Crippen LogP contribution >= 0.6 is 11.6 Å². The summed E-state index contributed by atoms with van der Waals surface area (Å²) in [5.41, 5.74) is 0.342. The van der Waals surface area contributed by atoms with Crippen LogP contribution in [0.15, 0.2) is 30.5 Å². The Bertz CT molecular complexity index is 827. The standard InChI is InChI=1S/C16H16ClN5O4/c17-12-3-1-11(2-4-12)15(24)21-7-5-20(6-8-21)14(23)10-22-9-13(16(25)26)18-19-22/h1-4,9H,5-8,10H2,(H,25,26). The molecule has 0 unspecified atom stereocenters. The van der Waals surface area contributed by atoms with Gasteiger partial charge in [0.2, 0.25) is 5.91 Å². The number of carbonyl (C=O) groups excluding carboxylic acids is 2. The minimum absolute atomic E-state index is 0.0919. The molecule has 3 rings (SSSR count). The van der Waals surface area contributed by atoms with Gasteiger partial charge in [-0.05, 0) is 24.3 Å². The molecule has 0 bridgehead atoms. The summed E-state index contributed by atoms with van der Waals surface area (Å²) in [6, 6.07) is 6.68. The van der Waals surface area contributed by atoms with Crippen molar-refractivity contribution in [3.63, 3.8) is 0 Å². The highest BCUT2D eigenvalue weighted by molar-refractivity contribution is 6.30. The van der Waals surface area contributed by atoms with Crippen molar-refractivity contribution in [3.05, 3.63) is 46.7 Å². The number of amides is 2. The lowest BCUT2D eigenvalue weighted by atomic mass is 10.2. The monoisotopic (exact) mass is 377 g/mol. The van der Waals surface area contributed by atoms with Crippen LogP contribution < -0.4 is 0 Å². The first kappa shape index (κ1) is 17.9. The Kier molecular flexibility index (Phi) is 5.17. The lowest BCUT2D eigenvalue weighted by molar-refractivity contribution is -0.133. The van der Waals surface area contributed by atoms with E-state index in [9.17, 15) is 14.4 Å². The summed E-state index contributed by atoms with van der Waals surface area (Å²) < 4.78 is 1.19. The number of benzene rings is 1. The molecule has 1 saturated heterocycles. The summed E-state index contributed by atoms with van der Waals surface area (Å²) in [4.78, 5) is 38.8. The summed E-state index contributed by atoms with van der Waals surface area (Å²) in [5.74, 6) is -1.50. The zero-order valence-corrected chi connectivity index (χ0v) is 14.5. The number of nitrogens with zero attached hydrogens (tertiary/aromatic N) is 5.